The highest BCUT2D eigenvalue weighted by atomic mass is 15.3. The van der Waals surface area contributed by atoms with Crippen LogP contribution < -0.4 is 10.6 Å². The van der Waals surface area contributed by atoms with Crippen LogP contribution in [0.1, 0.15) is 26.3 Å². The van der Waals surface area contributed by atoms with Crippen molar-refractivity contribution in [2.75, 3.05) is 52.9 Å². The monoisotopic (exact) mass is 398 g/mol. The molecule has 6 nitrogen and oxygen atoms in total. The predicted octanol–water partition coefficient (Wildman–Crippen LogP) is 2.54. The fraction of sp³-hybridized carbons (Fsp3) is 0.609. The molecule has 1 fully saturated rings. The Kier molecular flexibility index (Phi) is 7.95. The van der Waals surface area contributed by atoms with Gasteiger partial charge in [0, 0.05) is 62.4 Å². The van der Waals surface area contributed by atoms with Crippen molar-refractivity contribution in [2.24, 2.45) is 10.9 Å². The van der Waals surface area contributed by atoms with Crippen LogP contribution in [0, 0.1) is 5.92 Å². The van der Waals surface area contributed by atoms with E-state index in [1.165, 1.54) is 16.5 Å². The molecule has 29 heavy (non-hydrogen) atoms. The fourth-order valence-corrected chi connectivity index (χ4v) is 4.08. The number of nitrogens with one attached hydrogen (secondary N) is 3. The molecule has 1 aliphatic rings. The van der Waals surface area contributed by atoms with Crippen LogP contribution in [0.25, 0.3) is 10.9 Å². The first-order valence-corrected chi connectivity index (χ1v) is 11.1. The third kappa shape index (κ3) is 5.97. The number of fused-ring (bicyclic) bond motifs is 1. The number of para-hydroxylation sites is 1. The smallest absolute Gasteiger partial charge is 0.191 e. The lowest BCUT2D eigenvalue weighted by Crippen LogP contribution is -2.52. The van der Waals surface area contributed by atoms with Gasteiger partial charge in [0.05, 0.1) is 6.54 Å². The minimum absolute atomic E-state index is 0.493. The predicted molar refractivity (Wildman–Crippen MR) is 124 cm³/mol. The van der Waals surface area contributed by atoms with E-state index in [4.69, 9.17) is 4.99 Å². The van der Waals surface area contributed by atoms with Crippen LogP contribution in [0.5, 0.6) is 0 Å². The fourth-order valence-electron chi connectivity index (χ4n) is 4.08. The van der Waals surface area contributed by atoms with E-state index in [9.17, 15) is 0 Å². The van der Waals surface area contributed by atoms with E-state index in [2.05, 4.69) is 83.7 Å². The SMILES string of the molecule is CCNC(=NCC(C(C)C)N1CCN(C)CC1)NCCc1c[nH]c2ccccc12. The summed E-state index contributed by atoms with van der Waals surface area (Å²) < 4.78 is 0. The maximum absolute atomic E-state index is 4.94. The minimum atomic E-state index is 0.493. The zero-order chi connectivity index (χ0) is 20.6. The average molecular weight is 399 g/mol. The summed E-state index contributed by atoms with van der Waals surface area (Å²) in [6.45, 7) is 13.9. The number of nitrogens with zero attached hydrogens (tertiary/aromatic N) is 3. The maximum Gasteiger partial charge on any atom is 0.191 e. The third-order valence-corrected chi connectivity index (χ3v) is 5.92. The molecule has 3 N–H and O–H groups in total. The molecule has 1 aliphatic heterocycles. The second-order valence-electron chi connectivity index (χ2n) is 8.41. The summed E-state index contributed by atoms with van der Waals surface area (Å²) in [6.07, 6.45) is 3.10. The summed E-state index contributed by atoms with van der Waals surface area (Å²) in [7, 11) is 2.21. The van der Waals surface area contributed by atoms with Gasteiger partial charge in [-0.05, 0) is 37.9 Å². The summed E-state index contributed by atoms with van der Waals surface area (Å²) >= 11 is 0. The number of hydrogen-bond donors (Lipinski definition) is 3. The first kappa shape index (κ1) is 21.7. The Balaban J connectivity index is 1.56. The molecule has 0 spiro atoms. The van der Waals surface area contributed by atoms with Gasteiger partial charge in [-0.25, -0.2) is 0 Å². The Morgan fingerprint density at radius 2 is 1.90 bits per heavy atom. The first-order chi connectivity index (χ1) is 14.1. The van der Waals surface area contributed by atoms with Crippen LogP contribution in [0.15, 0.2) is 35.5 Å². The standard InChI is InChI=1S/C23H38N6/c1-5-24-23(25-11-10-19-16-26-21-9-7-6-8-20(19)21)27-17-22(18(2)3)29-14-12-28(4)13-15-29/h6-9,16,18,22,26H,5,10-15,17H2,1-4H3,(H2,24,25,27). The van der Waals surface area contributed by atoms with Crippen LogP contribution >= 0.6 is 0 Å². The molecule has 1 aromatic carbocycles. The topological polar surface area (TPSA) is 58.7 Å². The van der Waals surface area contributed by atoms with Crippen molar-refractivity contribution < 1.29 is 0 Å². The highest BCUT2D eigenvalue weighted by molar-refractivity contribution is 5.83. The number of aromatic nitrogens is 1. The Morgan fingerprint density at radius 1 is 1.14 bits per heavy atom. The lowest BCUT2D eigenvalue weighted by atomic mass is 10.0. The molecule has 0 radical (unpaired) electrons. The molecule has 1 aromatic heterocycles. The van der Waals surface area contributed by atoms with E-state index in [1.807, 2.05) is 0 Å². The summed E-state index contributed by atoms with van der Waals surface area (Å²) in [4.78, 5) is 13.3. The van der Waals surface area contributed by atoms with Crippen molar-refractivity contribution >= 4 is 16.9 Å². The van der Waals surface area contributed by atoms with E-state index in [1.54, 1.807) is 0 Å². The van der Waals surface area contributed by atoms with E-state index in [0.717, 1.165) is 58.2 Å². The molecular formula is C23H38N6. The average Bonchev–Trinajstić information content (AvgIpc) is 3.12. The highest BCUT2D eigenvalue weighted by Gasteiger charge is 2.24. The van der Waals surface area contributed by atoms with Crippen molar-refractivity contribution in [2.45, 2.75) is 33.2 Å². The number of aliphatic imine (C=N–C) groups is 1. The summed E-state index contributed by atoms with van der Waals surface area (Å²) in [6, 6.07) is 8.98. The minimum Gasteiger partial charge on any atom is -0.361 e. The van der Waals surface area contributed by atoms with Crippen LogP contribution in [-0.2, 0) is 6.42 Å². The lowest BCUT2D eigenvalue weighted by molar-refractivity contribution is 0.0925. The lowest BCUT2D eigenvalue weighted by Gasteiger charge is -2.39. The molecule has 0 bridgehead atoms. The number of hydrogen-bond acceptors (Lipinski definition) is 3. The number of guanidine groups is 1. The van der Waals surface area contributed by atoms with Crippen LogP contribution in [0.2, 0.25) is 0 Å². The van der Waals surface area contributed by atoms with Gasteiger partial charge in [-0.15, -0.1) is 0 Å². The highest BCUT2D eigenvalue weighted by Crippen LogP contribution is 2.17. The molecule has 1 saturated heterocycles. The number of aromatic amines is 1. The molecular weight excluding hydrogens is 360 g/mol. The molecule has 1 atom stereocenters. The molecule has 0 aliphatic carbocycles. The molecule has 6 heteroatoms. The van der Waals surface area contributed by atoms with Crippen LogP contribution in [0.4, 0.5) is 0 Å². The van der Waals surface area contributed by atoms with Crippen molar-refractivity contribution in [1.82, 2.24) is 25.4 Å². The van der Waals surface area contributed by atoms with Gasteiger partial charge in [0.15, 0.2) is 5.96 Å². The van der Waals surface area contributed by atoms with Crippen molar-refractivity contribution in [3.05, 3.63) is 36.0 Å². The van der Waals surface area contributed by atoms with Crippen molar-refractivity contribution in [1.29, 1.82) is 0 Å². The molecule has 2 heterocycles. The van der Waals surface area contributed by atoms with Gasteiger partial charge in [0.25, 0.3) is 0 Å². The molecule has 2 aromatic rings. The van der Waals surface area contributed by atoms with E-state index < -0.39 is 0 Å². The van der Waals surface area contributed by atoms with Gasteiger partial charge in [0.2, 0.25) is 0 Å². The number of likely N-dealkylation sites (N-methyl/N-ethyl adjacent to an activating group) is 1. The Hall–Kier alpha value is -2.05. The van der Waals surface area contributed by atoms with Gasteiger partial charge in [-0.3, -0.25) is 9.89 Å². The molecule has 0 saturated carbocycles. The quantitative estimate of drug-likeness (QED) is 0.472. The summed E-state index contributed by atoms with van der Waals surface area (Å²) in [5.41, 5.74) is 2.55. The van der Waals surface area contributed by atoms with Crippen LogP contribution in [-0.4, -0.2) is 79.6 Å². The largest absolute Gasteiger partial charge is 0.361 e. The maximum atomic E-state index is 4.94. The third-order valence-electron chi connectivity index (χ3n) is 5.92. The Morgan fingerprint density at radius 3 is 2.62 bits per heavy atom. The zero-order valence-electron chi connectivity index (χ0n) is 18.5. The first-order valence-electron chi connectivity index (χ1n) is 11.1. The zero-order valence-corrected chi connectivity index (χ0v) is 18.5. The number of piperazine rings is 1. The van der Waals surface area contributed by atoms with E-state index in [-0.39, 0.29) is 0 Å². The second-order valence-corrected chi connectivity index (χ2v) is 8.41. The molecule has 160 valence electrons. The van der Waals surface area contributed by atoms with Gasteiger partial charge in [0.1, 0.15) is 0 Å². The molecule has 3 rings (SSSR count). The molecule has 1 unspecified atom stereocenters. The van der Waals surface area contributed by atoms with E-state index >= 15 is 0 Å². The number of benzene rings is 1. The van der Waals surface area contributed by atoms with Gasteiger partial charge >= 0.3 is 0 Å². The molecule has 0 amide bonds. The Labute approximate surface area is 175 Å². The van der Waals surface area contributed by atoms with Crippen LogP contribution in [0.3, 0.4) is 0 Å². The number of H-pyrrole nitrogens is 1. The second kappa shape index (κ2) is 10.6. The number of rotatable bonds is 8. The summed E-state index contributed by atoms with van der Waals surface area (Å²) in [5, 5.41) is 8.25. The summed E-state index contributed by atoms with van der Waals surface area (Å²) in [5.74, 6) is 1.52. The van der Waals surface area contributed by atoms with Crippen molar-refractivity contribution in [3.8, 4) is 0 Å². The Bertz CT molecular complexity index is 773. The van der Waals surface area contributed by atoms with E-state index in [0.29, 0.717) is 12.0 Å². The van der Waals surface area contributed by atoms with Gasteiger partial charge in [-0.2, -0.15) is 0 Å². The normalized spacial score (nSPS) is 17.8. The van der Waals surface area contributed by atoms with Gasteiger partial charge in [-0.1, -0.05) is 32.0 Å². The van der Waals surface area contributed by atoms with Crippen molar-refractivity contribution in [3.63, 3.8) is 0 Å². The van der Waals surface area contributed by atoms with Gasteiger partial charge < -0.3 is 20.5 Å².